The molecule has 0 saturated carbocycles. The molecule has 1 aromatic carbocycles. The van der Waals surface area contributed by atoms with Crippen molar-refractivity contribution in [2.45, 2.75) is 57.7 Å². The molecule has 0 amide bonds. The number of nitrogens with one attached hydrogen (secondary N) is 1. The highest BCUT2D eigenvalue weighted by atomic mass is 19.4. The largest absolute Gasteiger partial charge is 0.418 e. The van der Waals surface area contributed by atoms with Crippen LogP contribution in [0, 0.1) is 0 Å². The van der Waals surface area contributed by atoms with Crippen LogP contribution in [0.4, 0.5) is 13.2 Å². The van der Waals surface area contributed by atoms with E-state index in [9.17, 15) is 18.3 Å². The Hall–Kier alpha value is -1.66. The monoisotopic (exact) mass is 368 g/mol. The summed E-state index contributed by atoms with van der Waals surface area (Å²) in [5, 5.41) is 13.9. The zero-order valence-electron chi connectivity index (χ0n) is 15.1. The summed E-state index contributed by atoms with van der Waals surface area (Å²) < 4.78 is 39.4. The van der Waals surface area contributed by atoms with E-state index < -0.39 is 17.8 Å². The number of hydrogen-bond acceptors (Lipinski definition) is 3. The number of aliphatic hydroxyl groups is 1. The molecule has 0 saturated heterocycles. The minimum absolute atomic E-state index is 0.118. The van der Waals surface area contributed by atoms with Crippen LogP contribution in [-0.2, 0) is 6.18 Å². The first-order valence-corrected chi connectivity index (χ1v) is 9.28. The second-order valence-corrected chi connectivity index (χ2v) is 6.59. The summed E-state index contributed by atoms with van der Waals surface area (Å²) >= 11 is 0. The number of fused-ring (bicyclic) bond motifs is 1. The standard InChI is InChI=1S/C20H27F3N2O/c1-2-3-4-5-6-7-12-24-14-18(26)15-11-13-25-19-16(15)9-8-10-17(19)20(21,22)23/h8-11,13,18,24,26H,2-7,12,14H2,1H3/t18-/m0/s1. The van der Waals surface area contributed by atoms with Gasteiger partial charge in [0.05, 0.1) is 17.2 Å². The van der Waals surface area contributed by atoms with E-state index >= 15 is 0 Å². The summed E-state index contributed by atoms with van der Waals surface area (Å²) in [5.74, 6) is 0. The van der Waals surface area contributed by atoms with Crippen molar-refractivity contribution >= 4 is 10.9 Å². The average molecular weight is 368 g/mol. The van der Waals surface area contributed by atoms with Gasteiger partial charge in [0.15, 0.2) is 0 Å². The van der Waals surface area contributed by atoms with E-state index in [1.54, 1.807) is 12.1 Å². The minimum atomic E-state index is -4.47. The van der Waals surface area contributed by atoms with E-state index in [1.807, 2.05) is 0 Å². The van der Waals surface area contributed by atoms with E-state index in [2.05, 4.69) is 17.2 Å². The predicted molar refractivity (Wildman–Crippen MR) is 98.0 cm³/mol. The van der Waals surface area contributed by atoms with E-state index in [-0.39, 0.29) is 5.52 Å². The van der Waals surface area contributed by atoms with Gasteiger partial charge in [-0.2, -0.15) is 13.2 Å². The molecule has 0 spiro atoms. The van der Waals surface area contributed by atoms with Gasteiger partial charge in [0.2, 0.25) is 0 Å². The molecule has 1 aromatic heterocycles. The van der Waals surface area contributed by atoms with Crippen LogP contribution in [0.2, 0.25) is 0 Å². The summed E-state index contributed by atoms with van der Waals surface area (Å²) in [5.41, 5.74) is -0.423. The number of unbranched alkanes of at least 4 members (excludes halogenated alkanes) is 5. The zero-order valence-corrected chi connectivity index (χ0v) is 15.1. The normalized spacial score (nSPS) is 13.3. The first kappa shape index (κ1) is 20.6. The quantitative estimate of drug-likeness (QED) is 0.564. The Morgan fingerprint density at radius 3 is 2.54 bits per heavy atom. The molecule has 26 heavy (non-hydrogen) atoms. The summed E-state index contributed by atoms with van der Waals surface area (Å²) in [6, 6.07) is 5.53. The molecule has 3 nitrogen and oxygen atoms in total. The Labute approximate surface area is 152 Å². The molecule has 0 aliphatic heterocycles. The average Bonchev–Trinajstić information content (AvgIpc) is 2.62. The Morgan fingerprint density at radius 2 is 1.81 bits per heavy atom. The van der Waals surface area contributed by atoms with Gasteiger partial charge in [0.25, 0.3) is 0 Å². The Bertz CT molecular complexity index is 688. The molecular weight excluding hydrogens is 341 g/mol. The Balaban J connectivity index is 1.95. The molecule has 0 bridgehead atoms. The van der Waals surface area contributed by atoms with Crippen LogP contribution >= 0.6 is 0 Å². The lowest BCUT2D eigenvalue weighted by Gasteiger charge is -2.16. The van der Waals surface area contributed by atoms with Crippen molar-refractivity contribution in [3.05, 3.63) is 41.6 Å². The van der Waals surface area contributed by atoms with Gasteiger partial charge in [-0.05, 0) is 30.7 Å². The number of pyridine rings is 1. The van der Waals surface area contributed by atoms with Gasteiger partial charge in [-0.15, -0.1) is 0 Å². The number of benzene rings is 1. The summed E-state index contributed by atoms with van der Waals surface area (Å²) in [6.07, 6.45) is 3.13. The number of alkyl halides is 3. The van der Waals surface area contributed by atoms with Crippen LogP contribution < -0.4 is 5.32 Å². The summed E-state index contributed by atoms with van der Waals surface area (Å²) in [6.45, 7) is 3.29. The van der Waals surface area contributed by atoms with Crippen molar-refractivity contribution in [1.82, 2.24) is 10.3 Å². The molecule has 2 N–H and O–H groups in total. The highest BCUT2D eigenvalue weighted by molar-refractivity contribution is 5.85. The number of aliphatic hydroxyl groups excluding tert-OH is 1. The fourth-order valence-corrected chi connectivity index (χ4v) is 3.10. The summed E-state index contributed by atoms with van der Waals surface area (Å²) in [4.78, 5) is 3.88. The first-order chi connectivity index (χ1) is 12.4. The number of aromatic nitrogens is 1. The number of nitrogens with zero attached hydrogens (tertiary/aromatic N) is 1. The van der Waals surface area contributed by atoms with Crippen molar-refractivity contribution < 1.29 is 18.3 Å². The maximum atomic E-state index is 13.1. The lowest BCUT2D eigenvalue weighted by atomic mass is 10.0. The van der Waals surface area contributed by atoms with Gasteiger partial charge in [-0.25, -0.2) is 0 Å². The molecule has 6 heteroatoms. The molecule has 0 aliphatic rings. The van der Waals surface area contributed by atoms with E-state index in [1.165, 1.54) is 37.9 Å². The predicted octanol–water partition coefficient (Wildman–Crippen LogP) is 5.24. The highest BCUT2D eigenvalue weighted by Crippen LogP contribution is 2.35. The third kappa shape index (κ3) is 5.68. The molecule has 2 aromatic rings. The number of rotatable bonds is 10. The van der Waals surface area contributed by atoms with Crippen LogP contribution in [0.3, 0.4) is 0 Å². The van der Waals surface area contributed by atoms with Crippen LogP contribution in [-0.4, -0.2) is 23.2 Å². The van der Waals surface area contributed by atoms with Crippen molar-refractivity contribution in [2.24, 2.45) is 0 Å². The van der Waals surface area contributed by atoms with Gasteiger partial charge in [0, 0.05) is 18.1 Å². The van der Waals surface area contributed by atoms with Crippen molar-refractivity contribution in [3.63, 3.8) is 0 Å². The molecular formula is C20H27F3N2O. The topological polar surface area (TPSA) is 45.1 Å². The second kappa shape index (κ2) is 9.88. The fourth-order valence-electron chi connectivity index (χ4n) is 3.10. The number of hydrogen-bond donors (Lipinski definition) is 2. The molecule has 0 aliphatic carbocycles. The van der Waals surface area contributed by atoms with Crippen molar-refractivity contribution in [1.29, 1.82) is 0 Å². The Kier molecular flexibility index (Phi) is 7.85. The van der Waals surface area contributed by atoms with Gasteiger partial charge in [0.1, 0.15) is 0 Å². The van der Waals surface area contributed by atoms with Crippen LogP contribution in [0.25, 0.3) is 10.9 Å². The number of para-hydroxylation sites is 1. The SMILES string of the molecule is CCCCCCCCNC[C@H](O)c1ccnc2c(C(F)(F)F)cccc12. The minimum Gasteiger partial charge on any atom is -0.387 e. The van der Waals surface area contributed by atoms with Crippen LogP contribution in [0.5, 0.6) is 0 Å². The molecule has 2 rings (SSSR count). The maximum absolute atomic E-state index is 13.1. The second-order valence-electron chi connectivity index (χ2n) is 6.59. The molecule has 0 radical (unpaired) electrons. The maximum Gasteiger partial charge on any atom is 0.418 e. The van der Waals surface area contributed by atoms with Gasteiger partial charge in [-0.1, -0.05) is 51.2 Å². The zero-order chi connectivity index (χ0) is 19.0. The lowest BCUT2D eigenvalue weighted by Crippen LogP contribution is -2.22. The molecule has 0 fully saturated rings. The Morgan fingerprint density at radius 1 is 1.08 bits per heavy atom. The van der Waals surface area contributed by atoms with E-state index in [0.717, 1.165) is 25.5 Å². The molecule has 1 atom stereocenters. The highest BCUT2D eigenvalue weighted by Gasteiger charge is 2.33. The fraction of sp³-hybridized carbons (Fsp3) is 0.550. The van der Waals surface area contributed by atoms with Gasteiger partial charge in [-0.3, -0.25) is 4.98 Å². The van der Waals surface area contributed by atoms with E-state index in [4.69, 9.17) is 0 Å². The first-order valence-electron chi connectivity index (χ1n) is 9.28. The molecule has 1 heterocycles. The molecule has 0 unspecified atom stereocenters. The van der Waals surface area contributed by atoms with Gasteiger partial charge >= 0.3 is 6.18 Å². The molecule has 144 valence electrons. The van der Waals surface area contributed by atoms with Crippen LogP contribution in [0.1, 0.15) is 62.7 Å². The van der Waals surface area contributed by atoms with E-state index in [0.29, 0.717) is 17.5 Å². The van der Waals surface area contributed by atoms with Gasteiger partial charge < -0.3 is 10.4 Å². The smallest absolute Gasteiger partial charge is 0.387 e. The summed E-state index contributed by atoms with van der Waals surface area (Å²) in [7, 11) is 0. The third-order valence-corrected chi connectivity index (χ3v) is 4.51. The van der Waals surface area contributed by atoms with Crippen molar-refractivity contribution in [2.75, 3.05) is 13.1 Å². The third-order valence-electron chi connectivity index (χ3n) is 4.51. The lowest BCUT2D eigenvalue weighted by molar-refractivity contribution is -0.136. The van der Waals surface area contributed by atoms with Crippen molar-refractivity contribution in [3.8, 4) is 0 Å². The number of halogens is 3. The van der Waals surface area contributed by atoms with Crippen LogP contribution in [0.15, 0.2) is 30.5 Å².